The molecular formula is C26H28N2O3S. The molecule has 0 bridgehead atoms. The van der Waals surface area contributed by atoms with Gasteiger partial charge in [-0.15, -0.1) is 11.3 Å². The third-order valence-electron chi connectivity index (χ3n) is 6.36. The van der Waals surface area contributed by atoms with Crippen LogP contribution in [-0.2, 0) is 22.4 Å². The number of nitrogens with two attached hydrogens (primary N) is 1. The molecule has 5 nitrogen and oxygen atoms in total. The number of para-hydroxylation sites is 1. The van der Waals surface area contributed by atoms with Crippen LogP contribution in [-0.4, -0.2) is 36.9 Å². The fourth-order valence-corrected chi connectivity index (χ4v) is 5.33. The zero-order chi connectivity index (χ0) is 22.6. The van der Waals surface area contributed by atoms with Gasteiger partial charge in [0.1, 0.15) is 5.75 Å². The molecule has 1 aliphatic heterocycles. The summed E-state index contributed by atoms with van der Waals surface area (Å²) in [5, 5.41) is 2.05. The third-order valence-corrected chi connectivity index (χ3v) is 7.27. The summed E-state index contributed by atoms with van der Waals surface area (Å²) in [5.74, 6) is 0.502. The minimum atomic E-state index is -0.743. The van der Waals surface area contributed by atoms with E-state index in [0.717, 1.165) is 22.4 Å². The predicted octanol–water partition coefficient (Wildman–Crippen LogP) is 4.30. The van der Waals surface area contributed by atoms with Gasteiger partial charge in [0.2, 0.25) is 11.8 Å². The molecule has 3 aromatic rings. The number of hydrogen-bond acceptors (Lipinski definition) is 4. The molecule has 1 aromatic heterocycles. The highest BCUT2D eigenvalue weighted by Gasteiger charge is 2.45. The maximum absolute atomic E-state index is 13.0. The summed E-state index contributed by atoms with van der Waals surface area (Å²) in [6.45, 7) is 0.917. The third kappa shape index (κ3) is 4.55. The van der Waals surface area contributed by atoms with Crippen LogP contribution in [0.4, 0.5) is 0 Å². The highest BCUT2D eigenvalue weighted by molar-refractivity contribution is 7.13. The number of thiophene rings is 1. The number of carbonyl (C=O) groups excluding carboxylic acids is 2. The van der Waals surface area contributed by atoms with Crippen molar-refractivity contribution in [2.75, 3.05) is 20.2 Å². The maximum atomic E-state index is 13.0. The van der Waals surface area contributed by atoms with E-state index >= 15 is 0 Å². The van der Waals surface area contributed by atoms with Crippen LogP contribution in [0, 0.1) is 5.41 Å². The first-order valence-corrected chi connectivity index (χ1v) is 11.7. The second-order valence-electron chi connectivity index (χ2n) is 8.33. The molecule has 2 N–H and O–H groups in total. The Hall–Kier alpha value is -3.12. The molecule has 32 heavy (non-hydrogen) atoms. The number of carbonyl (C=O) groups is 2. The van der Waals surface area contributed by atoms with E-state index in [9.17, 15) is 9.59 Å². The van der Waals surface area contributed by atoms with Gasteiger partial charge in [-0.3, -0.25) is 9.59 Å². The van der Waals surface area contributed by atoms with Crippen molar-refractivity contribution in [3.8, 4) is 16.2 Å². The first kappa shape index (κ1) is 22.1. The molecule has 2 heterocycles. The Balaban J connectivity index is 1.48. The molecule has 0 radical (unpaired) electrons. The average Bonchev–Trinajstić information content (AvgIpc) is 3.49. The Labute approximate surface area is 192 Å². The minimum absolute atomic E-state index is 0.0468. The van der Waals surface area contributed by atoms with E-state index in [4.69, 9.17) is 10.5 Å². The van der Waals surface area contributed by atoms with Crippen molar-refractivity contribution in [1.29, 1.82) is 0 Å². The number of aryl methyl sites for hydroxylation is 1. The number of primary amides is 1. The van der Waals surface area contributed by atoms with Gasteiger partial charge in [-0.25, -0.2) is 0 Å². The molecule has 0 aliphatic carbocycles. The second-order valence-corrected chi connectivity index (χ2v) is 9.28. The van der Waals surface area contributed by atoms with E-state index in [1.165, 1.54) is 4.88 Å². The van der Waals surface area contributed by atoms with Crippen LogP contribution in [0.2, 0.25) is 0 Å². The number of amides is 2. The van der Waals surface area contributed by atoms with Gasteiger partial charge in [-0.1, -0.05) is 48.5 Å². The molecular weight excluding hydrogens is 420 g/mol. The molecule has 6 heteroatoms. The van der Waals surface area contributed by atoms with Crippen LogP contribution in [0.3, 0.4) is 0 Å². The smallest absolute Gasteiger partial charge is 0.225 e. The van der Waals surface area contributed by atoms with E-state index in [2.05, 4.69) is 18.2 Å². The number of methoxy groups -OCH3 is 1. The zero-order valence-corrected chi connectivity index (χ0v) is 19.1. The number of ether oxygens (including phenoxy) is 1. The van der Waals surface area contributed by atoms with Crippen molar-refractivity contribution in [3.05, 3.63) is 77.2 Å². The molecule has 4 rings (SSSR count). The van der Waals surface area contributed by atoms with Gasteiger partial charge in [0, 0.05) is 24.4 Å². The van der Waals surface area contributed by atoms with Gasteiger partial charge in [0.15, 0.2) is 0 Å². The summed E-state index contributed by atoms with van der Waals surface area (Å²) in [5.41, 5.74) is 8.41. The lowest BCUT2D eigenvalue weighted by Crippen LogP contribution is -2.42. The standard InChI is InChI=1S/C26H28N2O3S/c1-31-22-10-5-3-7-19(22)12-13-24(29)28-15-14-26(18-28,25(27)30)17-20-8-2-4-9-21(20)23-11-6-16-32-23/h2-11,16H,12-15,17-18H2,1H3,(H2,27,30)/t26-/m1/s1. The van der Waals surface area contributed by atoms with Crippen LogP contribution in [0.15, 0.2) is 66.0 Å². The lowest BCUT2D eigenvalue weighted by Gasteiger charge is -2.27. The molecule has 0 unspecified atom stereocenters. The molecule has 0 spiro atoms. The Morgan fingerprint density at radius 3 is 2.53 bits per heavy atom. The molecule has 1 aliphatic rings. The predicted molar refractivity (Wildman–Crippen MR) is 128 cm³/mol. The zero-order valence-electron chi connectivity index (χ0n) is 18.3. The SMILES string of the molecule is COc1ccccc1CCC(=O)N1CC[C@](Cc2ccccc2-c2cccs2)(C(N)=O)C1. The van der Waals surface area contributed by atoms with Gasteiger partial charge in [0.25, 0.3) is 0 Å². The Morgan fingerprint density at radius 2 is 1.81 bits per heavy atom. The highest BCUT2D eigenvalue weighted by atomic mass is 32.1. The molecule has 1 fully saturated rings. The average molecular weight is 449 g/mol. The van der Waals surface area contributed by atoms with Crippen LogP contribution in [0.5, 0.6) is 5.75 Å². The molecule has 1 saturated heterocycles. The van der Waals surface area contributed by atoms with Crippen LogP contribution in [0.25, 0.3) is 10.4 Å². The lowest BCUT2D eigenvalue weighted by atomic mass is 9.79. The summed E-state index contributed by atoms with van der Waals surface area (Å²) in [6.07, 6.45) is 2.10. The Kier molecular flexibility index (Phi) is 6.61. The first-order chi connectivity index (χ1) is 15.5. The summed E-state index contributed by atoms with van der Waals surface area (Å²) in [6, 6.07) is 20.0. The van der Waals surface area contributed by atoms with E-state index in [1.807, 2.05) is 47.8 Å². The van der Waals surface area contributed by atoms with E-state index in [-0.39, 0.29) is 11.8 Å². The minimum Gasteiger partial charge on any atom is -0.496 e. The molecule has 166 valence electrons. The summed E-state index contributed by atoms with van der Waals surface area (Å²) < 4.78 is 5.39. The number of likely N-dealkylation sites (tertiary alicyclic amines) is 1. The largest absolute Gasteiger partial charge is 0.496 e. The Bertz CT molecular complexity index is 1100. The van der Waals surface area contributed by atoms with Crippen LogP contribution < -0.4 is 10.5 Å². The van der Waals surface area contributed by atoms with Gasteiger partial charge in [-0.05, 0) is 53.5 Å². The first-order valence-electron chi connectivity index (χ1n) is 10.8. The summed E-state index contributed by atoms with van der Waals surface area (Å²) in [4.78, 5) is 28.6. The molecule has 2 aromatic carbocycles. The quantitative estimate of drug-likeness (QED) is 0.558. The topological polar surface area (TPSA) is 72.6 Å². The maximum Gasteiger partial charge on any atom is 0.225 e. The van der Waals surface area contributed by atoms with E-state index in [1.54, 1.807) is 23.3 Å². The van der Waals surface area contributed by atoms with Gasteiger partial charge in [0.05, 0.1) is 12.5 Å². The lowest BCUT2D eigenvalue weighted by molar-refractivity contribution is -0.132. The highest BCUT2D eigenvalue weighted by Crippen LogP contribution is 2.38. The fourth-order valence-electron chi connectivity index (χ4n) is 4.54. The molecule has 2 amide bonds. The van der Waals surface area contributed by atoms with Crippen molar-refractivity contribution >= 4 is 23.2 Å². The number of rotatable bonds is 8. The van der Waals surface area contributed by atoms with Crippen molar-refractivity contribution in [3.63, 3.8) is 0 Å². The van der Waals surface area contributed by atoms with Gasteiger partial charge >= 0.3 is 0 Å². The molecule has 0 saturated carbocycles. The number of nitrogens with zero attached hydrogens (tertiary/aromatic N) is 1. The second kappa shape index (κ2) is 9.57. The van der Waals surface area contributed by atoms with Crippen molar-refractivity contribution in [1.82, 2.24) is 4.90 Å². The normalized spacial score (nSPS) is 18.0. The van der Waals surface area contributed by atoms with Gasteiger partial charge < -0.3 is 15.4 Å². The molecule has 1 atom stereocenters. The van der Waals surface area contributed by atoms with Crippen LogP contribution >= 0.6 is 11.3 Å². The van der Waals surface area contributed by atoms with Crippen LogP contribution in [0.1, 0.15) is 24.0 Å². The van der Waals surface area contributed by atoms with E-state index < -0.39 is 5.41 Å². The summed E-state index contributed by atoms with van der Waals surface area (Å²) >= 11 is 1.68. The monoisotopic (exact) mass is 448 g/mol. The fraction of sp³-hybridized carbons (Fsp3) is 0.308. The van der Waals surface area contributed by atoms with Crippen molar-refractivity contribution in [2.45, 2.75) is 25.7 Å². The van der Waals surface area contributed by atoms with Crippen molar-refractivity contribution in [2.24, 2.45) is 11.1 Å². The van der Waals surface area contributed by atoms with Crippen molar-refractivity contribution < 1.29 is 14.3 Å². The number of hydrogen-bond donors (Lipinski definition) is 1. The van der Waals surface area contributed by atoms with E-state index in [0.29, 0.717) is 38.8 Å². The Morgan fingerprint density at radius 1 is 1.06 bits per heavy atom. The van der Waals surface area contributed by atoms with Gasteiger partial charge in [-0.2, -0.15) is 0 Å². The summed E-state index contributed by atoms with van der Waals surface area (Å²) in [7, 11) is 1.64. The number of benzene rings is 2.